The number of halogens is 4. The fourth-order valence-electron chi connectivity index (χ4n) is 1.46. The smallest absolute Gasteiger partial charge is 0.160 e. The van der Waals surface area contributed by atoms with Crippen LogP contribution in [0.5, 0.6) is 0 Å². The minimum Gasteiger partial charge on any atom is -0.381 e. The molecule has 0 radical (unpaired) electrons. The van der Waals surface area contributed by atoms with Crippen molar-refractivity contribution in [1.29, 1.82) is 0 Å². The molecule has 0 saturated heterocycles. The molecule has 1 nitrogen and oxygen atoms in total. The van der Waals surface area contributed by atoms with E-state index >= 15 is 0 Å². The molecule has 94 valence electrons. The molecule has 0 atom stereocenters. The quantitative estimate of drug-likeness (QED) is 0.874. The van der Waals surface area contributed by atoms with Gasteiger partial charge in [-0.3, -0.25) is 0 Å². The van der Waals surface area contributed by atoms with Gasteiger partial charge in [-0.25, -0.2) is 13.2 Å². The third-order valence-electron chi connectivity index (χ3n) is 2.40. The highest BCUT2D eigenvalue weighted by Crippen LogP contribution is 2.18. The Morgan fingerprint density at radius 3 is 2.28 bits per heavy atom. The summed E-state index contributed by atoms with van der Waals surface area (Å²) in [6.07, 6.45) is 0. The summed E-state index contributed by atoms with van der Waals surface area (Å²) in [7, 11) is 0. The largest absolute Gasteiger partial charge is 0.381 e. The van der Waals surface area contributed by atoms with E-state index in [1.54, 1.807) is 6.07 Å². The molecule has 0 saturated carbocycles. The van der Waals surface area contributed by atoms with Gasteiger partial charge < -0.3 is 5.32 Å². The third kappa shape index (κ3) is 2.96. The number of nitrogens with one attached hydrogen (secondary N) is 1. The van der Waals surface area contributed by atoms with Crippen LogP contribution in [0.2, 0.25) is 5.02 Å². The first-order valence-electron chi connectivity index (χ1n) is 5.19. The van der Waals surface area contributed by atoms with E-state index in [1.165, 1.54) is 18.2 Å². The molecule has 1 N–H and O–H groups in total. The summed E-state index contributed by atoms with van der Waals surface area (Å²) in [5, 5.41) is 2.92. The molecule has 2 aromatic rings. The fraction of sp³-hybridized carbons (Fsp3) is 0.0769. The Morgan fingerprint density at radius 1 is 0.889 bits per heavy atom. The lowest BCUT2D eigenvalue weighted by Crippen LogP contribution is -2.00. The van der Waals surface area contributed by atoms with Gasteiger partial charge in [-0.05, 0) is 29.8 Å². The predicted molar refractivity (Wildman–Crippen MR) is 65.1 cm³/mol. The highest BCUT2D eigenvalue weighted by Gasteiger charge is 2.03. The standard InChI is InChI=1S/C13H9ClF3N/c14-10-5-8(1-3-11(10)15)7-18-9-2-4-12(16)13(17)6-9/h1-6,18H,7H2. The van der Waals surface area contributed by atoms with Crippen molar-refractivity contribution in [3.05, 3.63) is 64.4 Å². The maximum atomic E-state index is 12.9. The second-order valence-corrected chi connectivity index (χ2v) is 4.14. The van der Waals surface area contributed by atoms with Gasteiger partial charge in [0.05, 0.1) is 5.02 Å². The van der Waals surface area contributed by atoms with E-state index < -0.39 is 17.5 Å². The molecule has 2 rings (SSSR count). The normalized spacial score (nSPS) is 10.4. The van der Waals surface area contributed by atoms with Gasteiger partial charge in [-0.15, -0.1) is 0 Å². The molecule has 2 aromatic carbocycles. The van der Waals surface area contributed by atoms with E-state index in [9.17, 15) is 13.2 Å². The summed E-state index contributed by atoms with van der Waals surface area (Å²) in [6.45, 7) is 0.338. The van der Waals surface area contributed by atoms with E-state index in [4.69, 9.17) is 11.6 Å². The van der Waals surface area contributed by atoms with E-state index in [-0.39, 0.29) is 5.02 Å². The van der Waals surface area contributed by atoms with E-state index in [1.807, 2.05) is 0 Å². The fourth-order valence-corrected chi connectivity index (χ4v) is 1.66. The molecular weight excluding hydrogens is 263 g/mol. The van der Waals surface area contributed by atoms with Crippen molar-refractivity contribution in [3.8, 4) is 0 Å². The Labute approximate surface area is 107 Å². The Kier molecular flexibility index (Phi) is 3.77. The summed E-state index contributed by atoms with van der Waals surface area (Å²) < 4.78 is 38.5. The van der Waals surface area contributed by atoms with Crippen LogP contribution in [0.4, 0.5) is 18.9 Å². The van der Waals surface area contributed by atoms with Gasteiger partial charge >= 0.3 is 0 Å². The van der Waals surface area contributed by atoms with Crippen molar-refractivity contribution >= 4 is 17.3 Å². The van der Waals surface area contributed by atoms with Crippen LogP contribution in [0.15, 0.2) is 36.4 Å². The van der Waals surface area contributed by atoms with Gasteiger partial charge in [-0.1, -0.05) is 17.7 Å². The lowest BCUT2D eigenvalue weighted by molar-refractivity contribution is 0.509. The Bertz CT molecular complexity index is 521. The lowest BCUT2D eigenvalue weighted by atomic mass is 10.2. The maximum absolute atomic E-state index is 12.9. The summed E-state index contributed by atoms with van der Waals surface area (Å²) in [5.41, 5.74) is 1.18. The Hall–Kier alpha value is -1.68. The summed E-state index contributed by atoms with van der Waals surface area (Å²) in [4.78, 5) is 0. The molecular formula is C13H9ClF3N. The molecule has 0 amide bonds. The lowest BCUT2D eigenvalue weighted by Gasteiger charge is -2.07. The molecule has 0 bridgehead atoms. The predicted octanol–water partition coefficient (Wildman–Crippen LogP) is 4.37. The van der Waals surface area contributed by atoms with Crippen LogP contribution in [-0.4, -0.2) is 0 Å². The average Bonchev–Trinajstić information content (AvgIpc) is 2.35. The van der Waals surface area contributed by atoms with Crippen LogP contribution in [-0.2, 0) is 6.54 Å². The first-order chi connectivity index (χ1) is 8.56. The SMILES string of the molecule is Fc1ccc(NCc2ccc(F)c(Cl)c2)cc1F. The van der Waals surface area contributed by atoms with Crippen molar-refractivity contribution in [2.45, 2.75) is 6.54 Å². The first kappa shape index (κ1) is 12.8. The zero-order valence-corrected chi connectivity index (χ0v) is 9.94. The Morgan fingerprint density at radius 2 is 1.61 bits per heavy atom. The van der Waals surface area contributed by atoms with Gasteiger partial charge in [0.25, 0.3) is 0 Å². The molecule has 0 fully saturated rings. The second-order valence-electron chi connectivity index (χ2n) is 3.73. The van der Waals surface area contributed by atoms with Gasteiger partial charge in [-0.2, -0.15) is 0 Å². The number of anilines is 1. The topological polar surface area (TPSA) is 12.0 Å². The molecule has 0 aliphatic heterocycles. The first-order valence-corrected chi connectivity index (χ1v) is 5.57. The second kappa shape index (κ2) is 5.31. The number of hydrogen-bond donors (Lipinski definition) is 1. The summed E-state index contributed by atoms with van der Waals surface area (Å²) in [5.74, 6) is -2.31. The van der Waals surface area contributed by atoms with Crippen LogP contribution in [0, 0.1) is 17.5 Å². The molecule has 0 spiro atoms. The van der Waals surface area contributed by atoms with Crippen molar-refractivity contribution in [2.24, 2.45) is 0 Å². The van der Waals surface area contributed by atoms with Crippen LogP contribution in [0.1, 0.15) is 5.56 Å². The molecule has 18 heavy (non-hydrogen) atoms. The number of hydrogen-bond acceptors (Lipinski definition) is 1. The number of benzene rings is 2. The average molecular weight is 272 g/mol. The van der Waals surface area contributed by atoms with Gasteiger partial charge in [0.2, 0.25) is 0 Å². The van der Waals surface area contributed by atoms with E-state index in [0.717, 1.165) is 17.7 Å². The maximum Gasteiger partial charge on any atom is 0.160 e. The number of rotatable bonds is 3. The zero-order chi connectivity index (χ0) is 13.1. The van der Waals surface area contributed by atoms with Crippen molar-refractivity contribution in [3.63, 3.8) is 0 Å². The highest BCUT2D eigenvalue weighted by atomic mass is 35.5. The van der Waals surface area contributed by atoms with Crippen LogP contribution >= 0.6 is 11.6 Å². The minimum absolute atomic E-state index is 0.0274. The highest BCUT2D eigenvalue weighted by molar-refractivity contribution is 6.30. The van der Waals surface area contributed by atoms with Crippen LogP contribution < -0.4 is 5.32 Å². The molecule has 0 unspecified atom stereocenters. The van der Waals surface area contributed by atoms with Gasteiger partial charge in [0.15, 0.2) is 11.6 Å². The van der Waals surface area contributed by atoms with Crippen LogP contribution in [0.25, 0.3) is 0 Å². The van der Waals surface area contributed by atoms with Crippen molar-refractivity contribution in [1.82, 2.24) is 0 Å². The zero-order valence-electron chi connectivity index (χ0n) is 9.18. The van der Waals surface area contributed by atoms with Crippen molar-refractivity contribution < 1.29 is 13.2 Å². The molecule has 0 aliphatic carbocycles. The molecule has 0 aliphatic rings. The summed E-state index contributed by atoms with van der Waals surface area (Å²) in [6, 6.07) is 7.81. The molecule has 0 aromatic heterocycles. The Balaban J connectivity index is 2.06. The molecule has 5 heteroatoms. The monoisotopic (exact) mass is 271 g/mol. The van der Waals surface area contributed by atoms with Gasteiger partial charge in [0, 0.05) is 18.3 Å². The third-order valence-corrected chi connectivity index (χ3v) is 2.69. The van der Waals surface area contributed by atoms with E-state index in [0.29, 0.717) is 12.2 Å². The molecule has 0 heterocycles. The summed E-state index contributed by atoms with van der Waals surface area (Å²) >= 11 is 5.63. The van der Waals surface area contributed by atoms with Gasteiger partial charge in [0.1, 0.15) is 5.82 Å². The minimum atomic E-state index is -0.919. The van der Waals surface area contributed by atoms with Crippen LogP contribution in [0.3, 0.4) is 0 Å². The van der Waals surface area contributed by atoms with E-state index in [2.05, 4.69) is 5.32 Å². The van der Waals surface area contributed by atoms with Crippen molar-refractivity contribution in [2.75, 3.05) is 5.32 Å².